The van der Waals surface area contributed by atoms with Crippen LogP contribution in [0, 0.1) is 0 Å². The van der Waals surface area contributed by atoms with Gasteiger partial charge in [-0.15, -0.1) is 0 Å². The van der Waals surface area contributed by atoms with Gasteiger partial charge in [0.05, 0.1) is 0 Å². The lowest BCUT2D eigenvalue weighted by atomic mass is 10.2. The first-order valence-electron chi connectivity index (χ1n) is 6.18. The second-order valence-electron chi connectivity index (χ2n) is 4.38. The highest BCUT2D eigenvalue weighted by molar-refractivity contribution is 7.80. The molecule has 0 aromatic rings. The number of unbranched alkanes of at least 4 members (excludes halogenated alkanes) is 2. The first kappa shape index (κ1) is 15.3. The van der Waals surface area contributed by atoms with E-state index in [2.05, 4.69) is 43.4 Å². The predicted molar refractivity (Wildman–Crippen MR) is 73.0 cm³/mol. The van der Waals surface area contributed by atoms with Gasteiger partial charge in [-0.25, -0.2) is 0 Å². The zero-order chi connectivity index (χ0) is 11.5. The summed E-state index contributed by atoms with van der Waals surface area (Å²) >= 11 is 4.23. The van der Waals surface area contributed by atoms with E-state index in [-0.39, 0.29) is 0 Å². The first-order chi connectivity index (χ1) is 7.20. The summed E-state index contributed by atoms with van der Waals surface area (Å²) in [6.07, 6.45) is 5.20. The topological polar surface area (TPSA) is 6.48 Å². The maximum Gasteiger partial charge on any atom is -0.000667 e. The minimum atomic E-state index is 1.03. The largest absolute Gasteiger partial charge is 0.309 e. The molecule has 0 aliphatic rings. The highest BCUT2D eigenvalue weighted by Crippen LogP contribution is 2.01. The van der Waals surface area contributed by atoms with Crippen LogP contribution in [0.2, 0.25) is 0 Å². The van der Waals surface area contributed by atoms with E-state index in [0.29, 0.717) is 0 Å². The lowest BCUT2D eigenvalue weighted by Crippen LogP contribution is -2.28. The molecule has 0 radical (unpaired) electrons. The average molecular weight is 232 g/mol. The second kappa shape index (κ2) is 10.8. The molecule has 0 N–H and O–H groups in total. The van der Waals surface area contributed by atoms with Crippen molar-refractivity contribution in [2.75, 3.05) is 46.0 Å². The molecular weight excluding hydrogens is 204 g/mol. The van der Waals surface area contributed by atoms with Gasteiger partial charge in [0.2, 0.25) is 0 Å². The quantitative estimate of drug-likeness (QED) is 0.456. The Bertz CT molecular complexity index is 129. The lowest BCUT2D eigenvalue weighted by Gasteiger charge is -2.21. The molecule has 0 atom stereocenters. The smallest absolute Gasteiger partial charge is 0.000667 e. The first-order valence-corrected chi connectivity index (χ1v) is 6.82. The normalized spacial score (nSPS) is 11.6. The van der Waals surface area contributed by atoms with Crippen LogP contribution in [0.25, 0.3) is 0 Å². The molecule has 2 nitrogen and oxygen atoms in total. The Morgan fingerprint density at radius 1 is 0.867 bits per heavy atom. The van der Waals surface area contributed by atoms with Crippen molar-refractivity contribution in [3.63, 3.8) is 0 Å². The highest BCUT2D eigenvalue weighted by Gasteiger charge is 2.01. The van der Waals surface area contributed by atoms with Crippen LogP contribution in [0.1, 0.15) is 32.6 Å². The standard InChI is InChI=1S/C12H28N2S/c1-4-14(10-6-5-7-12-15)11-8-9-13(2)3/h15H,4-12H2,1-3H3. The molecule has 3 heteroatoms. The number of thiol groups is 1. The molecule has 92 valence electrons. The number of rotatable bonds is 10. The van der Waals surface area contributed by atoms with E-state index in [9.17, 15) is 0 Å². The van der Waals surface area contributed by atoms with Crippen molar-refractivity contribution in [3.05, 3.63) is 0 Å². The second-order valence-corrected chi connectivity index (χ2v) is 4.82. The molecule has 0 fully saturated rings. The zero-order valence-corrected chi connectivity index (χ0v) is 11.6. The van der Waals surface area contributed by atoms with Crippen LogP contribution in [0.5, 0.6) is 0 Å². The molecule has 0 rings (SSSR count). The molecule has 0 aliphatic carbocycles. The predicted octanol–water partition coefficient (Wildman–Crippen LogP) is 2.36. The Morgan fingerprint density at radius 3 is 2.07 bits per heavy atom. The van der Waals surface area contributed by atoms with Crippen molar-refractivity contribution in [3.8, 4) is 0 Å². The SMILES string of the molecule is CCN(CCCCCS)CCCN(C)C. The van der Waals surface area contributed by atoms with E-state index in [4.69, 9.17) is 0 Å². The van der Waals surface area contributed by atoms with Gasteiger partial charge in [-0.05, 0) is 65.3 Å². The maximum absolute atomic E-state index is 4.23. The minimum absolute atomic E-state index is 1.03. The van der Waals surface area contributed by atoms with Crippen molar-refractivity contribution in [1.29, 1.82) is 0 Å². The Labute approximate surface area is 101 Å². The van der Waals surface area contributed by atoms with Crippen LogP contribution < -0.4 is 0 Å². The van der Waals surface area contributed by atoms with Crippen LogP contribution in [0.3, 0.4) is 0 Å². The molecule has 0 unspecified atom stereocenters. The third-order valence-electron chi connectivity index (χ3n) is 2.66. The monoisotopic (exact) mass is 232 g/mol. The van der Waals surface area contributed by atoms with Gasteiger partial charge in [-0.3, -0.25) is 0 Å². The van der Waals surface area contributed by atoms with Gasteiger partial charge >= 0.3 is 0 Å². The van der Waals surface area contributed by atoms with Crippen molar-refractivity contribution < 1.29 is 0 Å². The summed E-state index contributed by atoms with van der Waals surface area (Å²) in [6, 6.07) is 0. The molecule has 0 aromatic carbocycles. The molecule has 0 bridgehead atoms. The molecule has 0 saturated heterocycles. The van der Waals surface area contributed by atoms with Crippen molar-refractivity contribution >= 4 is 12.6 Å². The Hall–Kier alpha value is 0.270. The van der Waals surface area contributed by atoms with Gasteiger partial charge in [0, 0.05) is 0 Å². The molecule has 0 heterocycles. The van der Waals surface area contributed by atoms with Crippen LogP contribution >= 0.6 is 12.6 Å². The van der Waals surface area contributed by atoms with Gasteiger partial charge in [-0.2, -0.15) is 12.6 Å². The Morgan fingerprint density at radius 2 is 1.53 bits per heavy atom. The summed E-state index contributed by atoms with van der Waals surface area (Å²) in [6.45, 7) is 7.16. The van der Waals surface area contributed by atoms with Gasteiger partial charge in [0.25, 0.3) is 0 Å². The summed E-state index contributed by atoms with van der Waals surface area (Å²) in [7, 11) is 4.28. The van der Waals surface area contributed by atoms with Crippen LogP contribution in [0.4, 0.5) is 0 Å². The van der Waals surface area contributed by atoms with Crippen LogP contribution in [-0.4, -0.2) is 55.8 Å². The van der Waals surface area contributed by atoms with Crippen molar-refractivity contribution in [2.24, 2.45) is 0 Å². The third-order valence-corrected chi connectivity index (χ3v) is 2.98. The van der Waals surface area contributed by atoms with E-state index in [1.54, 1.807) is 0 Å². The molecule has 0 aromatic heterocycles. The fourth-order valence-corrected chi connectivity index (χ4v) is 1.89. The fourth-order valence-electron chi connectivity index (χ4n) is 1.66. The minimum Gasteiger partial charge on any atom is -0.309 e. The van der Waals surface area contributed by atoms with Crippen molar-refractivity contribution in [2.45, 2.75) is 32.6 Å². The number of nitrogens with zero attached hydrogens (tertiary/aromatic N) is 2. The summed E-state index contributed by atoms with van der Waals surface area (Å²) in [5, 5.41) is 0. The molecule has 0 amide bonds. The van der Waals surface area contributed by atoms with Crippen LogP contribution in [-0.2, 0) is 0 Å². The van der Waals surface area contributed by atoms with Gasteiger partial charge < -0.3 is 9.80 Å². The fraction of sp³-hybridized carbons (Fsp3) is 1.00. The highest BCUT2D eigenvalue weighted by atomic mass is 32.1. The summed E-state index contributed by atoms with van der Waals surface area (Å²) < 4.78 is 0. The molecule has 15 heavy (non-hydrogen) atoms. The van der Waals surface area contributed by atoms with Crippen molar-refractivity contribution in [1.82, 2.24) is 9.80 Å². The Balaban J connectivity index is 3.38. The molecular formula is C12H28N2S. The summed E-state index contributed by atoms with van der Waals surface area (Å²) in [4.78, 5) is 4.82. The number of hydrogen-bond donors (Lipinski definition) is 1. The van der Waals surface area contributed by atoms with Gasteiger partial charge in [0.1, 0.15) is 0 Å². The number of hydrogen-bond acceptors (Lipinski definition) is 3. The summed E-state index contributed by atoms with van der Waals surface area (Å²) in [5.41, 5.74) is 0. The molecule has 0 aliphatic heterocycles. The van der Waals surface area contributed by atoms with Crippen LogP contribution in [0.15, 0.2) is 0 Å². The van der Waals surface area contributed by atoms with Gasteiger partial charge in [0.15, 0.2) is 0 Å². The maximum atomic E-state index is 4.23. The van der Waals surface area contributed by atoms with E-state index < -0.39 is 0 Å². The summed E-state index contributed by atoms with van der Waals surface area (Å²) in [5.74, 6) is 1.03. The van der Waals surface area contributed by atoms with E-state index in [1.807, 2.05) is 0 Å². The average Bonchev–Trinajstić information content (AvgIpc) is 2.21. The Kier molecular flexibility index (Phi) is 11.0. The van der Waals surface area contributed by atoms with E-state index >= 15 is 0 Å². The zero-order valence-electron chi connectivity index (χ0n) is 10.7. The third kappa shape index (κ3) is 10.6. The van der Waals surface area contributed by atoms with E-state index in [0.717, 1.165) is 5.75 Å². The lowest BCUT2D eigenvalue weighted by molar-refractivity contribution is 0.261. The van der Waals surface area contributed by atoms with E-state index in [1.165, 1.54) is 51.9 Å². The molecule has 0 spiro atoms. The molecule has 0 saturated carbocycles. The van der Waals surface area contributed by atoms with Gasteiger partial charge in [-0.1, -0.05) is 13.3 Å².